The van der Waals surface area contributed by atoms with Crippen LogP contribution in [0.1, 0.15) is 41.5 Å². The first-order valence-corrected chi connectivity index (χ1v) is 10.3. The fourth-order valence-electron chi connectivity index (χ4n) is 3.00. The summed E-state index contributed by atoms with van der Waals surface area (Å²) < 4.78 is 13.7. The first kappa shape index (κ1) is 22.9. The van der Waals surface area contributed by atoms with E-state index < -0.39 is 17.8 Å². The molecule has 2 aromatic rings. The molecule has 0 saturated carbocycles. The fourth-order valence-corrected chi connectivity index (χ4v) is 3.00. The van der Waals surface area contributed by atoms with Crippen LogP contribution < -0.4 is 16.0 Å². The zero-order valence-electron chi connectivity index (χ0n) is 18.2. The van der Waals surface area contributed by atoms with Crippen LogP contribution in [-0.4, -0.2) is 40.8 Å². The lowest BCUT2D eigenvalue weighted by Crippen LogP contribution is -2.47. The number of benzene rings is 1. The number of nitrogens with zero attached hydrogens (tertiary/aromatic N) is 3. The SMILES string of the molecule is CC(C)C(C)CNC(=O)c1ccc(N2C=CCN(C(=O)c3cccc(F)c3N)C2=O)nc1. The van der Waals surface area contributed by atoms with Crippen molar-refractivity contribution >= 4 is 29.4 Å². The van der Waals surface area contributed by atoms with E-state index in [4.69, 9.17) is 5.73 Å². The van der Waals surface area contributed by atoms with E-state index in [1.54, 1.807) is 12.1 Å². The maximum Gasteiger partial charge on any atom is 0.337 e. The maximum atomic E-state index is 13.7. The van der Waals surface area contributed by atoms with E-state index in [-0.39, 0.29) is 29.5 Å². The summed E-state index contributed by atoms with van der Waals surface area (Å²) in [5.41, 5.74) is 5.62. The average Bonchev–Trinajstić information content (AvgIpc) is 2.79. The molecule has 32 heavy (non-hydrogen) atoms. The normalized spacial score (nSPS) is 14.6. The third-order valence-electron chi connectivity index (χ3n) is 5.49. The average molecular weight is 439 g/mol. The molecule has 4 amide bonds. The van der Waals surface area contributed by atoms with Crippen LogP contribution in [0.25, 0.3) is 0 Å². The van der Waals surface area contributed by atoms with Gasteiger partial charge in [0.2, 0.25) is 0 Å². The van der Waals surface area contributed by atoms with Crippen molar-refractivity contribution in [2.45, 2.75) is 20.8 Å². The number of rotatable bonds is 6. The molecule has 1 aromatic heterocycles. The van der Waals surface area contributed by atoms with Crippen LogP contribution in [0.15, 0.2) is 48.8 Å². The summed E-state index contributed by atoms with van der Waals surface area (Å²) in [6, 6.07) is 6.28. The minimum atomic E-state index is -0.731. The number of carbonyl (C=O) groups excluding carboxylic acids is 3. The predicted molar refractivity (Wildman–Crippen MR) is 119 cm³/mol. The zero-order valence-corrected chi connectivity index (χ0v) is 18.2. The number of carbonyl (C=O) groups is 3. The van der Waals surface area contributed by atoms with E-state index in [9.17, 15) is 18.8 Å². The van der Waals surface area contributed by atoms with Gasteiger partial charge in [0.1, 0.15) is 11.6 Å². The highest BCUT2D eigenvalue weighted by Crippen LogP contribution is 2.22. The highest BCUT2D eigenvalue weighted by atomic mass is 19.1. The second kappa shape index (κ2) is 9.59. The molecule has 1 aromatic carbocycles. The molecule has 8 nitrogen and oxygen atoms in total. The van der Waals surface area contributed by atoms with E-state index in [1.807, 2.05) is 0 Å². The third-order valence-corrected chi connectivity index (χ3v) is 5.49. The predicted octanol–water partition coefficient (Wildman–Crippen LogP) is 3.42. The van der Waals surface area contributed by atoms with Crippen LogP contribution in [0.5, 0.6) is 0 Å². The van der Waals surface area contributed by atoms with Gasteiger partial charge in [0.25, 0.3) is 11.8 Å². The Morgan fingerprint density at radius 3 is 2.62 bits per heavy atom. The number of nitrogens with two attached hydrogens (primary N) is 1. The second-order valence-corrected chi connectivity index (χ2v) is 7.99. The van der Waals surface area contributed by atoms with Crippen molar-refractivity contribution < 1.29 is 18.8 Å². The monoisotopic (exact) mass is 439 g/mol. The number of amides is 4. The van der Waals surface area contributed by atoms with Gasteiger partial charge in [-0.05, 0) is 42.2 Å². The van der Waals surface area contributed by atoms with Crippen LogP contribution in [-0.2, 0) is 0 Å². The van der Waals surface area contributed by atoms with Crippen LogP contribution in [0.4, 0.5) is 20.7 Å². The van der Waals surface area contributed by atoms with Gasteiger partial charge < -0.3 is 11.1 Å². The quantitative estimate of drug-likeness (QED) is 0.671. The largest absolute Gasteiger partial charge is 0.396 e. The van der Waals surface area contributed by atoms with Gasteiger partial charge in [-0.3, -0.25) is 19.4 Å². The molecule has 1 unspecified atom stereocenters. The van der Waals surface area contributed by atoms with Gasteiger partial charge in [-0.1, -0.05) is 26.8 Å². The molecule has 3 rings (SSSR count). The minimum absolute atomic E-state index is 0.0125. The van der Waals surface area contributed by atoms with Crippen molar-refractivity contribution in [3.05, 3.63) is 65.7 Å². The zero-order chi connectivity index (χ0) is 23.4. The molecular weight excluding hydrogens is 413 g/mol. The summed E-state index contributed by atoms with van der Waals surface area (Å²) in [5, 5.41) is 2.87. The Morgan fingerprint density at radius 2 is 1.97 bits per heavy atom. The molecule has 1 aliphatic heterocycles. The van der Waals surface area contributed by atoms with Gasteiger partial charge in [0.15, 0.2) is 0 Å². The Morgan fingerprint density at radius 1 is 1.22 bits per heavy atom. The molecule has 168 valence electrons. The number of para-hydroxylation sites is 1. The summed E-state index contributed by atoms with van der Waals surface area (Å²) in [7, 11) is 0. The number of imide groups is 1. The minimum Gasteiger partial charge on any atom is -0.396 e. The van der Waals surface area contributed by atoms with E-state index in [1.165, 1.54) is 35.5 Å². The number of halogens is 1. The van der Waals surface area contributed by atoms with Crippen molar-refractivity contribution in [1.29, 1.82) is 0 Å². The topological polar surface area (TPSA) is 109 Å². The molecule has 0 fully saturated rings. The molecule has 2 heterocycles. The molecule has 9 heteroatoms. The number of hydrogen-bond acceptors (Lipinski definition) is 5. The highest BCUT2D eigenvalue weighted by molar-refractivity contribution is 6.12. The Labute approximate surface area is 185 Å². The molecule has 0 saturated heterocycles. The first-order valence-electron chi connectivity index (χ1n) is 10.3. The second-order valence-electron chi connectivity index (χ2n) is 7.99. The highest BCUT2D eigenvalue weighted by Gasteiger charge is 2.31. The van der Waals surface area contributed by atoms with Crippen molar-refractivity contribution in [3.8, 4) is 0 Å². The molecule has 1 aliphatic rings. The molecule has 1 atom stereocenters. The Hall–Kier alpha value is -3.75. The fraction of sp³-hybridized carbons (Fsp3) is 0.304. The summed E-state index contributed by atoms with van der Waals surface area (Å²) >= 11 is 0. The number of pyridine rings is 1. The Bertz CT molecular complexity index is 1050. The standard InChI is InChI=1S/C23H26FN5O3/c1-14(2)15(3)12-27-21(30)16-8-9-19(26-13-16)28-10-5-11-29(23(28)32)22(31)17-6-4-7-18(24)20(17)25/h4-10,13-15H,11-12,25H2,1-3H3,(H,27,30). The summed E-state index contributed by atoms with van der Waals surface area (Å²) in [6.45, 7) is 6.80. The Balaban J connectivity index is 1.73. The lowest BCUT2D eigenvalue weighted by molar-refractivity contribution is 0.0818. The van der Waals surface area contributed by atoms with Crippen LogP contribution in [0, 0.1) is 17.7 Å². The maximum absolute atomic E-state index is 13.7. The van der Waals surface area contributed by atoms with Gasteiger partial charge in [-0.15, -0.1) is 0 Å². The van der Waals surface area contributed by atoms with Crippen LogP contribution >= 0.6 is 0 Å². The molecule has 3 N–H and O–H groups in total. The molecule has 0 aliphatic carbocycles. The van der Waals surface area contributed by atoms with Crippen molar-refractivity contribution in [2.75, 3.05) is 23.7 Å². The first-order chi connectivity index (χ1) is 15.2. The van der Waals surface area contributed by atoms with Gasteiger partial charge in [-0.25, -0.2) is 14.2 Å². The van der Waals surface area contributed by atoms with E-state index in [0.29, 0.717) is 23.9 Å². The number of anilines is 2. The van der Waals surface area contributed by atoms with Crippen molar-refractivity contribution in [2.24, 2.45) is 11.8 Å². The van der Waals surface area contributed by atoms with E-state index in [2.05, 4.69) is 31.1 Å². The third kappa shape index (κ3) is 4.77. The van der Waals surface area contributed by atoms with Gasteiger partial charge in [0.05, 0.1) is 23.4 Å². The van der Waals surface area contributed by atoms with E-state index >= 15 is 0 Å². The van der Waals surface area contributed by atoms with Gasteiger partial charge >= 0.3 is 6.03 Å². The smallest absolute Gasteiger partial charge is 0.337 e. The lowest BCUT2D eigenvalue weighted by atomic mass is 9.98. The number of urea groups is 1. The molecule has 0 radical (unpaired) electrons. The number of aromatic nitrogens is 1. The molecular formula is C23H26FN5O3. The summed E-state index contributed by atoms with van der Waals surface area (Å²) in [5.74, 6) is -0.680. The summed E-state index contributed by atoms with van der Waals surface area (Å²) in [6.07, 6.45) is 4.47. The number of hydrogen-bond donors (Lipinski definition) is 2. The molecule has 0 spiro atoms. The summed E-state index contributed by atoms with van der Waals surface area (Å²) in [4.78, 5) is 44.4. The lowest BCUT2D eigenvalue weighted by Gasteiger charge is -2.29. The van der Waals surface area contributed by atoms with Crippen LogP contribution in [0.3, 0.4) is 0 Å². The van der Waals surface area contributed by atoms with Crippen molar-refractivity contribution in [1.82, 2.24) is 15.2 Å². The number of nitrogens with one attached hydrogen (secondary N) is 1. The molecule has 0 bridgehead atoms. The number of nitrogen functional groups attached to an aromatic ring is 1. The Kier molecular flexibility index (Phi) is 6.87. The van der Waals surface area contributed by atoms with Gasteiger partial charge in [0, 0.05) is 18.9 Å². The van der Waals surface area contributed by atoms with Gasteiger partial charge in [-0.2, -0.15) is 0 Å². The van der Waals surface area contributed by atoms with Crippen LogP contribution in [0.2, 0.25) is 0 Å². The van der Waals surface area contributed by atoms with Crippen molar-refractivity contribution in [3.63, 3.8) is 0 Å². The van der Waals surface area contributed by atoms with E-state index in [0.717, 1.165) is 11.0 Å².